The van der Waals surface area contributed by atoms with Crippen LogP contribution in [0.4, 0.5) is 11.4 Å². The maximum Gasteiger partial charge on any atom is 0.322 e. The third-order valence-electron chi connectivity index (χ3n) is 3.18. The highest BCUT2D eigenvalue weighted by Crippen LogP contribution is 2.36. The zero-order chi connectivity index (χ0) is 19.3. The van der Waals surface area contributed by atoms with E-state index in [1.807, 2.05) is 0 Å². The van der Waals surface area contributed by atoms with Crippen molar-refractivity contribution in [2.45, 2.75) is 6.92 Å². The average molecular weight is 419 g/mol. The smallest absolute Gasteiger partial charge is 0.322 e. The van der Waals surface area contributed by atoms with Gasteiger partial charge >= 0.3 is 5.97 Å². The molecule has 0 unspecified atom stereocenters. The number of benzene rings is 2. The second kappa shape index (κ2) is 8.48. The number of carbonyl (C=O) groups is 1. The molecule has 0 aliphatic heterocycles. The molecule has 3 N–H and O–H groups in total. The van der Waals surface area contributed by atoms with Crippen molar-refractivity contribution in [2.75, 3.05) is 22.3 Å². The number of hydrogen-bond donors (Lipinski definition) is 3. The summed E-state index contributed by atoms with van der Waals surface area (Å²) in [5.74, 6) is -0.560. The molecule has 7 nitrogen and oxygen atoms in total. The quantitative estimate of drug-likeness (QED) is 0.597. The number of carboxylic acids is 1. The van der Waals surface area contributed by atoms with Crippen LogP contribution < -0.4 is 14.8 Å². The van der Waals surface area contributed by atoms with E-state index < -0.39 is 16.0 Å². The van der Waals surface area contributed by atoms with Crippen LogP contribution in [0.1, 0.15) is 6.92 Å². The Balaban J connectivity index is 2.25. The molecule has 0 aliphatic carbocycles. The molecular weight excluding hydrogens is 403 g/mol. The summed E-state index contributed by atoms with van der Waals surface area (Å²) < 4.78 is 31.3. The molecule has 0 spiro atoms. The van der Waals surface area contributed by atoms with Crippen LogP contribution in [0.25, 0.3) is 0 Å². The Hall–Kier alpha value is -2.16. The standard InChI is InChI=1S/C16H16Cl2N2O5S/c1-2-26(23,24)20-11-4-6-14(12(18)8-11)25-15-7-10(17)3-5-13(15)19-9-16(21)22/h3-8,19-20H,2,9H2,1H3,(H,21,22). The number of halogens is 2. The predicted octanol–water partition coefficient (Wildman–Crippen LogP) is 4.04. The second-order valence-corrected chi connectivity index (χ2v) is 8.00. The summed E-state index contributed by atoms with van der Waals surface area (Å²) in [5, 5.41) is 12.1. The maximum atomic E-state index is 11.6. The number of nitrogens with one attached hydrogen (secondary N) is 2. The van der Waals surface area contributed by atoms with E-state index in [2.05, 4.69) is 10.0 Å². The molecule has 0 saturated carbocycles. The molecule has 0 atom stereocenters. The van der Waals surface area contributed by atoms with Gasteiger partial charge in [0.05, 0.1) is 22.2 Å². The molecule has 0 fully saturated rings. The Kier molecular flexibility index (Phi) is 6.57. The predicted molar refractivity (Wildman–Crippen MR) is 102 cm³/mol. The van der Waals surface area contributed by atoms with Crippen LogP contribution in [-0.2, 0) is 14.8 Å². The van der Waals surface area contributed by atoms with Crippen LogP contribution in [0.3, 0.4) is 0 Å². The normalized spacial score (nSPS) is 11.0. The number of rotatable bonds is 8. The Morgan fingerprint density at radius 3 is 2.50 bits per heavy atom. The first-order valence-corrected chi connectivity index (χ1v) is 9.84. The van der Waals surface area contributed by atoms with Crippen LogP contribution in [0.15, 0.2) is 36.4 Å². The Labute approximate surface area is 160 Å². The second-order valence-electron chi connectivity index (χ2n) is 5.14. The van der Waals surface area contributed by atoms with Crippen molar-refractivity contribution in [1.29, 1.82) is 0 Å². The lowest BCUT2D eigenvalue weighted by Crippen LogP contribution is -2.14. The topological polar surface area (TPSA) is 105 Å². The zero-order valence-corrected chi connectivity index (χ0v) is 16.0. The minimum Gasteiger partial charge on any atom is -0.480 e. The molecule has 2 aromatic rings. The van der Waals surface area contributed by atoms with E-state index in [1.54, 1.807) is 12.1 Å². The highest BCUT2D eigenvalue weighted by Gasteiger charge is 2.12. The molecule has 0 aliphatic rings. The van der Waals surface area contributed by atoms with E-state index in [4.69, 9.17) is 33.0 Å². The molecule has 0 heterocycles. The van der Waals surface area contributed by atoms with Gasteiger partial charge in [-0.05, 0) is 37.3 Å². The van der Waals surface area contributed by atoms with Gasteiger partial charge in [0, 0.05) is 11.1 Å². The molecule has 26 heavy (non-hydrogen) atoms. The summed E-state index contributed by atoms with van der Waals surface area (Å²) >= 11 is 12.1. The van der Waals surface area contributed by atoms with E-state index in [-0.39, 0.29) is 28.8 Å². The van der Waals surface area contributed by atoms with Crippen molar-refractivity contribution in [1.82, 2.24) is 0 Å². The van der Waals surface area contributed by atoms with Gasteiger partial charge in [-0.3, -0.25) is 9.52 Å². The highest BCUT2D eigenvalue weighted by atomic mass is 35.5. The first-order valence-electron chi connectivity index (χ1n) is 7.43. The fourth-order valence-electron chi connectivity index (χ4n) is 1.91. The number of hydrogen-bond acceptors (Lipinski definition) is 5. The lowest BCUT2D eigenvalue weighted by Gasteiger charge is -2.14. The first kappa shape index (κ1) is 20.2. The number of aliphatic carboxylic acids is 1. The third kappa shape index (κ3) is 5.69. The van der Waals surface area contributed by atoms with Crippen molar-refractivity contribution in [3.8, 4) is 11.5 Å². The van der Waals surface area contributed by atoms with Crippen LogP contribution in [0, 0.1) is 0 Å². The summed E-state index contributed by atoms with van der Waals surface area (Å²) in [7, 11) is -3.42. The van der Waals surface area contributed by atoms with Crippen molar-refractivity contribution >= 4 is 50.6 Å². The van der Waals surface area contributed by atoms with Gasteiger partial charge in [0.2, 0.25) is 10.0 Å². The largest absolute Gasteiger partial charge is 0.480 e. The summed E-state index contributed by atoms with van der Waals surface area (Å²) in [5.41, 5.74) is 0.725. The molecular formula is C16H16Cl2N2O5S. The van der Waals surface area contributed by atoms with E-state index >= 15 is 0 Å². The monoisotopic (exact) mass is 418 g/mol. The summed E-state index contributed by atoms with van der Waals surface area (Å²) in [6, 6.07) is 9.09. The summed E-state index contributed by atoms with van der Waals surface area (Å²) in [6.45, 7) is 1.22. The van der Waals surface area contributed by atoms with Gasteiger partial charge in [0.25, 0.3) is 0 Å². The lowest BCUT2D eigenvalue weighted by atomic mass is 10.2. The van der Waals surface area contributed by atoms with Crippen molar-refractivity contribution in [3.63, 3.8) is 0 Å². The highest BCUT2D eigenvalue weighted by molar-refractivity contribution is 7.92. The molecule has 140 valence electrons. The van der Waals surface area contributed by atoms with E-state index in [0.717, 1.165) is 0 Å². The average Bonchev–Trinajstić information content (AvgIpc) is 2.56. The molecule has 0 saturated heterocycles. The van der Waals surface area contributed by atoms with Crippen LogP contribution >= 0.6 is 23.2 Å². The minimum atomic E-state index is -3.42. The third-order valence-corrected chi connectivity index (χ3v) is 5.02. The number of carboxylic acid groups (broad SMARTS) is 1. The molecule has 0 bridgehead atoms. The van der Waals surface area contributed by atoms with Gasteiger partial charge in [0.15, 0.2) is 5.75 Å². The van der Waals surface area contributed by atoms with Gasteiger partial charge in [-0.25, -0.2) is 8.42 Å². The van der Waals surface area contributed by atoms with Crippen LogP contribution in [0.5, 0.6) is 11.5 Å². The number of sulfonamides is 1. The fourth-order valence-corrected chi connectivity index (χ4v) is 2.93. The molecule has 0 aromatic heterocycles. The van der Waals surface area contributed by atoms with Gasteiger partial charge in [-0.1, -0.05) is 23.2 Å². The van der Waals surface area contributed by atoms with Gasteiger partial charge in [-0.2, -0.15) is 0 Å². The zero-order valence-electron chi connectivity index (χ0n) is 13.6. The summed E-state index contributed by atoms with van der Waals surface area (Å²) in [6.07, 6.45) is 0. The van der Waals surface area contributed by atoms with Crippen molar-refractivity contribution < 1.29 is 23.1 Å². The van der Waals surface area contributed by atoms with Crippen molar-refractivity contribution in [3.05, 3.63) is 46.4 Å². The van der Waals surface area contributed by atoms with Crippen LogP contribution in [-0.4, -0.2) is 31.8 Å². The Bertz CT molecular complexity index is 919. The SMILES string of the molecule is CCS(=O)(=O)Nc1ccc(Oc2cc(Cl)ccc2NCC(=O)O)c(Cl)c1. The Morgan fingerprint density at radius 1 is 1.15 bits per heavy atom. The van der Waals surface area contributed by atoms with E-state index in [9.17, 15) is 13.2 Å². The first-order chi connectivity index (χ1) is 12.2. The molecule has 0 radical (unpaired) electrons. The van der Waals surface area contributed by atoms with E-state index in [1.165, 1.54) is 31.2 Å². The molecule has 0 amide bonds. The van der Waals surface area contributed by atoms with Crippen molar-refractivity contribution in [2.24, 2.45) is 0 Å². The summed E-state index contributed by atoms with van der Waals surface area (Å²) in [4.78, 5) is 10.7. The van der Waals surface area contributed by atoms with Gasteiger partial charge < -0.3 is 15.2 Å². The lowest BCUT2D eigenvalue weighted by molar-refractivity contribution is -0.134. The maximum absolute atomic E-state index is 11.6. The minimum absolute atomic E-state index is 0.0655. The number of ether oxygens (including phenoxy) is 1. The molecule has 2 rings (SSSR count). The van der Waals surface area contributed by atoms with E-state index in [0.29, 0.717) is 16.4 Å². The molecule has 2 aromatic carbocycles. The Morgan fingerprint density at radius 2 is 1.88 bits per heavy atom. The molecule has 10 heteroatoms. The fraction of sp³-hybridized carbons (Fsp3) is 0.188. The van der Waals surface area contributed by atoms with Crippen LogP contribution in [0.2, 0.25) is 10.0 Å². The number of anilines is 2. The van der Waals surface area contributed by atoms with Gasteiger partial charge in [-0.15, -0.1) is 0 Å². The van der Waals surface area contributed by atoms with Gasteiger partial charge in [0.1, 0.15) is 12.3 Å².